The minimum atomic E-state index is -1.28. The Hall–Kier alpha value is -2.39. The molecule has 0 N–H and O–H groups in total. The first-order valence-electron chi connectivity index (χ1n) is 5.87. The van der Waals surface area contributed by atoms with Crippen LogP contribution in [0.5, 0.6) is 11.5 Å². The average Bonchev–Trinajstić information content (AvgIpc) is 2.46. The van der Waals surface area contributed by atoms with Gasteiger partial charge in [0.25, 0.3) is 0 Å². The van der Waals surface area contributed by atoms with E-state index >= 15 is 0 Å². The minimum absolute atomic E-state index is 0.114. The highest BCUT2D eigenvalue weighted by atomic mass is 16.5. The zero-order valence-corrected chi connectivity index (χ0v) is 10.9. The molecule has 3 heteroatoms. The Morgan fingerprint density at radius 3 is 2.21 bits per heavy atom. The average molecular weight is 254 g/mol. The van der Waals surface area contributed by atoms with E-state index in [-0.39, 0.29) is 5.78 Å². The molecule has 0 aliphatic heterocycles. The zero-order valence-electron chi connectivity index (χ0n) is 10.9. The van der Waals surface area contributed by atoms with Crippen LogP contribution in [0.4, 0.5) is 0 Å². The fraction of sp³-hybridized carbons (Fsp3) is 0.312. The van der Waals surface area contributed by atoms with E-state index in [1.165, 1.54) is 7.11 Å². The van der Waals surface area contributed by atoms with Crippen LogP contribution in [0.1, 0.15) is 17.5 Å². The third-order valence-electron chi connectivity index (χ3n) is 3.49. The number of rotatable bonds is 2. The number of ketones is 1. The lowest BCUT2D eigenvalue weighted by Crippen LogP contribution is -2.37. The molecule has 1 aromatic rings. The fourth-order valence-corrected chi connectivity index (χ4v) is 2.42. The van der Waals surface area contributed by atoms with E-state index in [2.05, 4.69) is 11.8 Å². The number of fused-ring (bicyclic) bond motifs is 1. The van der Waals surface area contributed by atoms with Gasteiger partial charge in [0.2, 0.25) is 0 Å². The van der Waals surface area contributed by atoms with E-state index in [0.717, 1.165) is 5.56 Å². The van der Waals surface area contributed by atoms with Gasteiger partial charge in [-0.15, -0.1) is 12.8 Å². The molecule has 0 fully saturated rings. The molecule has 96 valence electrons. The van der Waals surface area contributed by atoms with Crippen LogP contribution < -0.4 is 9.47 Å². The Balaban J connectivity index is 2.74. The number of hydrogen-bond donors (Lipinski definition) is 0. The molecule has 1 aromatic carbocycles. The van der Waals surface area contributed by atoms with Gasteiger partial charge >= 0.3 is 0 Å². The number of methoxy groups -OCH3 is 2. The molecule has 0 heterocycles. The number of benzene rings is 1. The van der Waals surface area contributed by atoms with Gasteiger partial charge in [0.15, 0.2) is 22.7 Å². The molecule has 19 heavy (non-hydrogen) atoms. The summed E-state index contributed by atoms with van der Waals surface area (Å²) in [4.78, 5) is 12.1. The number of carbonyl (C=O) groups is 1. The lowest BCUT2D eigenvalue weighted by Gasteiger charge is -2.29. The van der Waals surface area contributed by atoms with Gasteiger partial charge < -0.3 is 9.47 Å². The van der Waals surface area contributed by atoms with Crippen molar-refractivity contribution in [1.29, 1.82) is 0 Å². The summed E-state index contributed by atoms with van der Waals surface area (Å²) in [5.41, 5.74) is 0.312. The summed E-state index contributed by atoms with van der Waals surface area (Å²) in [6.45, 7) is 0. The van der Waals surface area contributed by atoms with Gasteiger partial charge in [-0.25, -0.2) is 0 Å². The molecule has 0 aromatic heterocycles. The van der Waals surface area contributed by atoms with Gasteiger partial charge in [0, 0.05) is 6.42 Å². The Morgan fingerprint density at radius 1 is 1.11 bits per heavy atom. The van der Waals surface area contributed by atoms with Crippen LogP contribution in [-0.4, -0.2) is 20.0 Å². The van der Waals surface area contributed by atoms with E-state index < -0.39 is 5.41 Å². The normalized spacial score (nSPS) is 15.9. The molecule has 0 radical (unpaired) electrons. The molecule has 0 atom stereocenters. The monoisotopic (exact) mass is 254 g/mol. The number of terminal acetylenes is 2. The van der Waals surface area contributed by atoms with Crippen LogP contribution in [-0.2, 0) is 16.6 Å². The maximum Gasteiger partial charge on any atom is 0.174 e. The molecule has 3 nitrogen and oxygen atoms in total. The maximum absolute atomic E-state index is 12.1. The summed E-state index contributed by atoms with van der Waals surface area (Å²) < 4.78 is 10.5. The third kappa shape index (κ3) is 1.75. The highest BCUT2D eigenvalue weighted by Gasteiger charge is 2.41. The molecule has 1 aliphatic carbocycles. The fourth-order valence-electron chi connectivity index (χ4n) is 2.42. The lowest BCUT2D eigenvalue weighted by molar-refractivity contribution is -0.121. The molecular weight excluding hydrogens is 240 g/mol. The number of aryl methyl sites for hydroxylation is 1. The Kier molecular flexibility index (Phi) is 3.23. The van der Waals surface area contributed by atoms with Crippen LogP contribution in [0.2, 0.25) is 0 Å². The lowest BCUT2D eigenvalue weighted by atomic mass is 9.70. The molecule has 0 unspecified atom stereocenters. The second-order valence-electron chi connectivity index (χ2n) is 4.33. The van der Waals surface area contributed by atoms with Crippen molar-refractivity contribution < 1.29 is 14.3 Å². The summed E-state index contributed by atoms with van der Waals surface area (Å²) in [6, 6.07) is 3.55. The van der Waals surface area contributed by atoms with Crippen molar-refractivity contribution in [3.05, 3.63) is 23.3 Å². The van der Waals surface area contributed by atoms with Crippen LogP contribution in [0, 0.1) is 24.7 Å². The first kappa shape index (κ1) is 13.1. The van der Waals surface area contributed by atoms with E-state index in [9.17, 15) is 4.79 Å². The van der Waals surface area contributed by atoms with Gasteiger partial charge in [0.1, 0.15) is 0 Å². The summed E-state index contributed by atoms with van der Waals surface area (Å²) in [6.07, 6.45) is 12.0. The van der Waals surface area contributed by atoms with Crippen molar-refractivity contribution in [3.63, 3.8) is 0 Å². The van der Waals surface area contributed by atoms with Crippen molar-refractivity contribution in [2.75, 3.05) is 14.2 Å². The molecule has 1 aliphatic rings. The Labute approximate surface area is 112 Å². The van der Waals surface area contributed by atoms with E-state index in [1.807, 2.05) is 6.07 Å². The Bertz CT molecular complexity index is 600. The zero-order chi connectivity index (χ0) is 14.0. The first-order valence-corrected chi connectivity index (χ1v) is 5.87. The van der Waals surface area contributed by atoms with E-state index in [1.54, 1.807) is 13.2 Å². The summed E-state index contributed by atoms with van der Waals surface area (Å²) in [5, 5.41) is 0. The van der Waals surface area contributed by atoms with Gasteiger partial charge in [-0.2, -0.15) is 0 Å². The number of Topliss-reactive ketones (excluding diaryl/α,β-unsaturated/α-hetero) is 1. The number of carbonyl (C=O) groups excluding carboxylic acids is 1. The van der Waals surface area contributed by atoms with Crippen LogP contribution in [0.3, 0.4) is 0 Å². The summed E-state index contributed by atoms with van der Waals surface area (Å²) in [7, 11) is 3.09. The minimum Gasteiger partial charge on any atom is -0.493 e. The van der Waals surface area contributed by atoms with E-state index in [4.69, 9.17) is 22.3 Å². The van der Waals surface area contributed by atoms with Gasteiger partial charge in [-0.05, 0) is 29.7 Å². The number of hydrogen-bond acceptors (Lipinski definition) is 3. The molecule has 0 spiro atoms. The van der Waals surface area contributed by atoms with Crippen molar-refractivity contribution >= 4 is 5.78 Å². The molecular formula is C16H14O3. The van der Waals surface area contributed by atoms with Crippen molar-refractivity contribution in [2.45, 2.75) is 18.3 Å². The molecule has 0 bridgehead atoms. The van der Waals surface area contributed by atoms with E-state index in [0.29, 0.717) is 29.9 Å². The molecule has 0 saturated heterocycles. The van der Waals surface area contributed by atoms with Crippen LogP contribution in [0.15, 0.2) is 12.1 Å². The summed E-state index contributed by atoms with van der Waals surface area (Å²) >= 11 is 0. The predicted octanol–water partition coefficient (Wildman–Crippen LogP) is 1.72. The van der Waals surface area contributed by atoms with Crippen LogP contribution >= 0.6 is 0 Å². The van der Waals surface area contributed by atoms with Crippen LogP contribution in [0.25, 0.3) is 0 Å². The third-order valence-corrected chi connectivity index (χ3v) is 3.49. The van der Waals surface area contributed by atoms with Crippen molar-refractivity contribution in [2.24, 2.45) is 0 Å². The largest absolute Gasteiger partial charge is 0.493 e. The standard InChI is InChI=1S/C16H14O3/c1-5-16(6-2)12-10-14(19-4)13(18-3)9-11(12)7-8-15(16)17/h1-2,9-10H,7-8H2,3-4H3. The molecule has 0 amide bonds. The number of ether oxygens (including phenoxy) is 2. The maximum atomic E-state index is 12.1. The Morgan fingerprint density at radius 2 is 1.68 bits per heavy atom. The second-order valence-corrected chi connectivity index (χ2v) is 4.33. The SMILES string of the molecule is C#CC1(C#C)C(=O)CCc2cc(OC)c(OC)cc21. The van der Waals surface area contributed by atoms with Gasteiger partial charge in [-0.1, -0.05) is 11.8 Å². The molecule has 2 rings (SSSR count). The smallest absolute Gasteiger partial charge is 0.174 e. The predicted molar refractivity (Wildman–Crippen MR) is 72.2 cm³/mol. The highest BCUT2D eigenvalue weighted by Crippen LogP contribution is 2.40. The van der Waals surface area contributed by atoms with Gasteiger partial charge in [0.05, 0.1) is 14.2 Å². The summed E-state index contributed by atoms with van der Waals surface area (Å²) in [5.74, 6) is 5.98. The quantitative estimate of drug-likeness (QED) is 0.754. The topological polar surface area (TPSA) is 35.5 Å². The first-order chi connectivity index (χ1) is 9.12. The molecule has 0 saturated carbocycles. The second kappa shape index (κ2) is 4.71. The van der Waals surface area contributed by atoms with Gasteiger partial charge in [-0.3, -0.25) is 4.79 Å². The highest BCUT2D eigenvalue weighted by molar-refractivity contribution is 5.99. The van der Waals surface area contributed by atoms with Crippen molar-refractivity contribution in [3.8, 4) is 36.2 Å². The van der Waals surface area contributed by atoms with Crippen molar-refractivity contribution in [1.82, 2.24) is 0 Å².